The van der Waals surface area contributed by atoms with Crippen molar-refractivity contribution in [1.29, 1.82) is 0 Å². The fourth-order valence-electron chi connectivity index (χ4n) is 3.17. The maximum atomic E-state index is 12.2. The number of aromatic nitrogens is 1. The topological polar surface area (TPSA) is 68.1 Å². The van der Waals surface area contributed by atoms with Crippen molar-refractivity contribution in [2.75, 3.05) is 6.54 Å². The lowest BCUT2D eigenvalue weighted by atomic mass is 9.93. The summed E-state index contributed by atoms with van der Waals surface area (Å²) in [5, 5.41) is 0.996. The molecule has 1 aliphatic rings. The maximum absolute atomic E-state index is 12.2. The van der Waals surface area contributed by atoms with Crippen molar-refractivity contribution in [2.45, 2.75) is 45.6 Å². The molecule has 0 amide bonds. The Kier molecular flexibility index (Phi) is 4.54. The Hall–Kier alpha value is -1.52. The van der Waals surface area contributed by atoms with Gasteiger partial charge in [-0.3, -0.25) is 4.79 Å². The summed E-state index contributed by atoms with van der Waals surface area (Å²) >= 11 is 0. The van der Waals surface area contributed by atoms with Crippen LogP contribution in [0.15, 0.2) is 16.9 Å². The van der Waals surface area contributed by atoms with Crippen molar-refractivity contribution in [2.24, 2.45) is 5.73 Å². The summed E-state index contributed by atoms with van der Waals surface area (Å²) in [6.45, 7) is 8.72. The lowest BCUT2D eigenvalue weighted by Gasteiger charge is -2.12. The Labute approximate surface area is 136 Å². The van der Waals surface area contributed by atoms with Gasteiger partial charge in [-0.2, -0.15) is 0 Å². The number of hydrogen-bond donors (Lipinski definition) is 2. The number of nitrogens with two attached hydrogens (primary N) is 1. The maximum Gasteiger partial charge on any atom is 0.251 e. The molecule has 2 unspecified atom stereocenters. The summed E-state index contributed by atoms with van der Waals surface area (Å²) in [4.78, 5) is 15.2. The second-order valence-electron chi connectivity index (χ2n) is 6.29. The van der Waals surface area contributed by atoms with Crippen molar-refractivity contribution in [3.63, 3.8) is 0 Å². The van der Waals surface area contributed by atoms with E-state index in [9.17, 15) is 4.79 Å². The van der Waals surface area contributed by atoms with Gasteiger partial charge in [-0.25, -0.2) is 0 Å². The van der Waals surface area contributed by atoms with E-state index in [1.54, 1.807) is 0 Å². The van der Waals surface area contributed by atoms with Gasteiger partial charge in [0.2, 0.25) is 0 Å². The second-order valence-corrected chi connectivity index (χ2v) is 6.29. The number of aryl methyl sites for hydroxylation is 1. The van der Waals surface area contributed by atoms with Gasteiger partial charge in [-0.05, 0) is 30.5 Å². The summed E-state index contributed by atoms with van der Waals surface area (Å²) < 4.78 is 6.06. The van der Waals surface area contributed by atoms with Gasteiger partial charge in [-0.15, -0.1) is 12.4 Å². The molecule has 22 heavy (non-hydrogen) atoms. The highest BCUT2D eigenvalue weighted by Crippen LogP contribution is 2.43. The lowest BCUT2D eigenvalue weighted by molar-refractivity contribution is 0.221. The van der Waals surface area contributed by atoms with E-state index in [1.807, 2.05) is 26.8 Å². The molecule has 2 atom stereocenters. The second kappa shape index (κ2) is 5.94. The zero-order valence-electron chi connectivity index (χ0n) is 13.4. The molecular weight excluding hydrogens is 300 g/mol. The van der Waals surface area contributed by atoms with Crippen LogP contribution in [0.2, 0.25) is 0 Å². The summed E-state index contributed by atoms with van der Waals surface area (Å²) in [5.41, 5.74) is 9.72. The number of benzene rings is 1. The minimum atomic E-state index is -0.0121. The number of aromatic amines is 1. The van der Waals surface area contributed by atoms with E-state index in [1.165, 1.54) is 5.56 Å². The van der Waals surface area contributed by atoms with Gasteiger partial charge in [0, 0.05) is 29.0 Å². The average molecular weight is 323 g/mol. The summed E-state index contributed by atoms with van der Waals surface area (Å²) in [6.07, 6.45) is 0.0134. The Morgan fingerprint density at radius 2 is 2.05 bits per heavy atom. The molecule has 0 radical (unpaired) electrons. The first-order valence-electron chi connectivity index (χ1n) is 7.51. The fraction of sp³-hybridized carbons (Fsp3) is 0.471. The van der Waals surface area contributed by atoms with Crippen LogP contribution in [0.3, 0.4) is 0 Å². The van der Waals surface area contributed by atoms with Crippen molar-refractivity contribution in [1.82, 2.24) is 4.98 Å². The molecule has 0 bridgehead atoms. The molecule has 3 rings (SSSR count). The number of hydrogen-bond acceptors (Lipinski definition) is 3. The predicted molar refractivity (Wildman–Crippen MR) is 92.5 cm³/mol. The Morgan fingerprint density at radius 1 is 1.36 bits per heavy atom. The van der Waals surface area contributed by atoms with Gasteiger partial charge in [0.25, 0.3) is 5.56 Å². The number of pyridine rings is 1. The number of ether oxygens (including phenoxy) is 1. The van der Waals surface area contributed by atoms with Crippen LogP contribution < -0.4 is 16.0 Å². The first-order valence-corrected chi connectivity index (χ1v) is 7.51. The molecular formula is C17H23ClN2O2. The normalized spacial score (nSPS) is 19.9. The Morgan fingerprint density at radius 3 is 2.64 bits per heavy atom. The van der Waals surface area contributed by atoms with Gasteiger partial charge in [0.1, 0.15) is 11.9 Å². The summed E-state index contributed by atoms with van der Waals surface area (Å²) in [6, 6.07) is 4.10. The van der Waals surface area contributed by atoms with Crippen LogP contribution in [0, 0.1) is 6.92 Å². The van der Waals surface area contributed by atoms with Crippen LogP contribution >= 0.6 is 12.4 Å². The largest absolute Gasteiger partial charge is 0.487 e. The number of fused-ring (bicyclic) bond motifs is 3. The van der Waals surface area contributed by atoms with E-state index < -0.39 is 0 Å². The zero-order valence-corrected chi connectivity index (χ0v) is 14.2. The van der Waals surface area contributed by atoms with E-state index in [0.717, 1.165) is 27.8 Å². The molecule has 0 saturated heterocycles. The van der Waals surface area contributed by atoms with Crippen LogP contribution in [0.5, 0.6) is 5.75 Å². The molecule has 0 spiro atoms. The lowest BCUT2D eigenvalue weighted by Crippen LogP contribution is -2.26. The van der Waals surface area contributed by atoms with Crippen molar-refractivity contribution in [3.8, 4) is 5.75 Å². The molecule has 2 aromatic rings. The predicted octanol–water partition coefficient (Wildman–Crippen LogP) is 3.20. The highest BCUT2D eigenvalue weighted by molar-refractivity contribution is 5.90. The molecule has 0 fully saturated rings. The van der Waals surface area contributed by atoms with Crippen molar-refractivity contribution < 1.29 is 4.74 Å². The summed E-state index contributed by atoms with van der Waals surface area (Å²) in [7, 11) is 0. The Balaban J connectivity index is 0.00000176. The fourth-order valence-corrected chi connectivity index (χ4v) is 3.17. The van der Waals surface area contributed by atoms with E-state index in [4.69, 9.17) is 10.5 Å². The molecule has 1 aliphatic heterocycles. The van der Waals surface area contributed by atoms with Crippen LogP contribution in [0.4, 0.5) is 0 Å². The minimum absolute atomic E-state index is 0. The first kappa shape index (κ1) is 16.8. The van der Waals surface area contributed by atoms with E-state index in [0.29, 0.717) is 6.54 Å². The average Bonchev–Trinajstić information content (AvgIpc) is 2.75. The van der Waals surface area contributed by atoms with Gasteiger partial charge >= 0.3 is 0 Å². The number of rotatable bonds is 2. The SMILES string of the molecule is Cc1cc2c(c3cc(C(C)C)c(=O)[nH]c13)OC(CN)C2C.Cl. The quantitative estimate of drug-likeness (QED) is 0.892. The third kappa shape index (κ3) is 2.40. The first-order chi connectivity index (χ1) is 9.93. The number of nitrogens with one attached hydrogen (secondary N) is 1. The molecule has 5 heteroatoms. The molecule has 1 aromatic heterocycles. The highest BCUT2D eigenvalue weighted by Gasteiger charge is 2.32. The molecule has 1 aromatic carbocycles. The molecule has 120 valence electrons. The standard InChI is InChI=1S/C17H22N2O2.ClH/c1-8(2)11-6-13-15(19-17(11)20)9(3)5-12-10(4)14(7-18)21-16(12)13;/h5-6,8,10,14H,7,18H2,1-4H3,(H,19,20);1H. The van der Waals surface area contributed by atoms with Crippen LogP contribution in [-0.4, -0.2) is 17.6 Å². The van der Waals surface area contributed by atoms with E-state index >= 15 is 0 Å². The molecule has 0 saturated carbocycles. The van der Waals surface area contributed by atoms with Crippen LogP contribution in [-0.2, 0) is 0 Å². The van der Waals surface area contributed by atoms with Gasteiger partial charge in [0.05, 0.1) is 5.52 Å². The van der Waals surface area contributed by atoms with Crippen molar-refractivity contribution >= 4 is 23.3 Å². The van der Waals surface area contributed by atoms with Gasteiger partial charge in [0.15, 0.2) is 0 Å². The Bertz CT molecular complexity index is 767. The van der Waals surface area contributed by atoms with Gasteiger partial charge < -0.3 is 15.5 Å². The monoisotopic (exact) mass is 322 g/mol. The van der Waals surface area contributed by atoms with Crippen LogP contribution in [0.1, 0.15) is 49.3 Å². The van der Waals surface area contributed by atoms with E-state index in [2.05, 4.69) is 18.0 Å². The highest BCUT2D eigenvalue weighted by atomic mass is 35.5. The third-order valence-electron chi connectivity index (χ3n) is 4.51. The van der Waals surface area contributed by atoms with Crippen molar-refractivity contribution in [3.05, 3.63) is 39.2 Å². The molecule has 3 N–H and O–H groups in total. The van der Waals surface area contributed by atoms with Gasteiger partial charge in [-0.1, -0.05) is 20.8 Å². The zero-order chi connectivity index (χ0) is 15.3. The van der Waals surface area contributed by atoms with Crippen LogP contribution in [0.25, 0.3) is 10.9 Å². The molecule has 2 heterocycles. The number of H-pyrrole nitrogens is 1. The number of halogens is 1. The third-order valence-corrected chi connectivity index (χ3v) is 4.51. The minimum Gasteiger partial charge on any atom is -0.487 e. The van der Waals surface area contributed by atoms with E-state index in [-0.39, 0.29) is 35.9 Å². The molecule has 4 nitrogen and oxygen atoms in total. The summed E-state index contributed by atoms with van der Waals surface area (Å²) in [5.74, 6) is 1.35. The smallest absolute Gasteiger partial charge is 0.251 e. The molecule has 0 aliphatic carbocycles.